The van der Waals surface area contributed by atoms with Crippen molar-refractivity contribution in [2.75, 3.05) is 18.4 Å². The first kappa shape index (κ1) is 20.2. The summed E-state index contributed by atoms with van der Waals surface area (Å²) >= 11 is 0. The molecule has 4 aromatic heterocycles. The number of aryl methyl sites for hydroxylation is 1. The van der Waals surface area contributed by atoms with E-state index in [1.165, 1.54) is 0 Å². The normalized spacial score (nSPS) is 15.2. The maximum Gasteiger partial charge on any atom is 0.228 e. The minimum atomic E-state index is -0.0323. The van der Waals surface area contributed by atoms with Gasteiger partial charge in [0.25, 0.3) is 0 Å². The highest BCUT2D eigenvalue weighted by Crippen LogP contribution is 2.23. The molecule has 0 unspecified atom stereocenters. The summed E-state index contributed by atoms with van der Waals surface area (Å²) in [6, 6.07) is 7.58. The molecule has 0 saturated carbocycles. The average Bonchev–Trinajstić information content (AvgIpc) is 3.26. The Morgan fingerprint density at radius 2 is 1.94 bits per heavy atom. The largest absolute Gasteiger partial charge is 0.310 e. The van der Waals surface area contributed by atoms with Crippen LogP contribution in [-0.2, 0) is 18.4 Å². The molecular formula is C23H24N8O. The predicted molar refractivity (Wildman–Crippen MR) is 120 cm³/mol. The van der Waals surface area contributed by atoms with Crippen molar-refractivity contribution in [1.29, 1.82) is 0 Å². The second-order valence-corrected chi connectivity index (χ2v) is 8.07. The number of hydrogen-bond donors (Lipinski definition) is 1. The van der Waals surface area contributed by atoms with Crippen molar-refractivity contribution in [1.82, 2.24) is 34.6 Å². The van der Waals surface area contributed by atoms with Crippen LogP contribution in [0, 0.1) is 5.92 Å². The van der Waals surface area contributed by atoms with E-state index in [0.29, 0.717) is 12.4 Å². The summed E-state index contributed by atoms with van der Waals surface area (Å²) in [4.78, 5) is 32.8. The molecule has 5 rings (SSSR count). The number of pyridine rings is 2. The Hall–Kier alpha value is -3.72. The first-order chi connectivity index (χ1) is 15.6. The summed E-state index contributed by atoms with van der Waals surface area (Å²) in [7, 11) is 1.88. The number of nitrogens with zero attached hydrogens (tertiary/aromatic N) is 7. The highest BCUT2D eigenvalue weighted by molar-refractivity contribution is 5.93. The maximum absolute atomic E-state index is 12.8. The zero-order valence-electron chi connectivity index (χ0n) is 17.8. The Morgan fingerprint density at radius 1 is 1.12 bits per heavy atom. The fourth-order valence-electron chi connectivity index (χ4n) is 3.99. The van der Waals surface area contributed by atoms with Gasteiger partial charge in [-0.15, -0.1) is 0 Å². The molecule has 1 fully saturated rings. The van der Waals surface area contributed by atoms with Crippen molar-refractivity contribution in [2.45, 2.75) is 19.4 Å². The number of nitrogens with one attached hydrogen (secondary N) is 1. The second kappa shape index (κ2) is 8.80. The van der Waals surface area contributed by atoms with Crippen molar-refractivity contribution < 1.29 is 4.79 Å². The zero-order valence-corrected chi connectivity index (χ0v) is 17.8. The lowest BCUT2D eigenvalue weighted by Gasteiger charge is -2.30. The van der Waals surface area contributed by atoms with E-state index in [-0.39, 0.29) is 11.8 Å². The van der Waals surface area contributed by atoms with Gasteiger partial charge in [-0.1, -0.05) is 0 Å². The molecule has 4 aromatic rings. The van der Waals surface area contributed by atoms with E-state index in [0.717, 1.165) is 53.9 Å². The Balaban J connectivity index is 1.22. The Morgan fingerprint density at radius 3 is 2.69 bits per heavy atom. The molecule has 1 N–H and O–H groups in total. The Kier molecular flexibility index (Phi) is 5.55. The van der Waals surface area contributed by atoms with Crippen molar-refractivity contribution in [2.24, 2.45) is 13.0 Å². The van der Waals surface area contributed by atoms with Crippen LogP contribution in [0.2, 0.25) is 0 Å². The standard InChI is InChI=1S/C23H24N8O/c1-30-14-18(13-27-30)19-4-3-17-12-26-21(11-20(17)28-19)29-23(32)16-5-9-31(10-6-16)15-22-24-7-2-8-25-22/h2-4,7-8,11-14,16H,5-6,9-10,15H2,1H3,(H,26,29,32). The molecule has 1 aliphatic rings. The predicted octanol–water partition coefficient (Wildman–Crippen LogP) is 2.67. The minimum absolute atomic E-state index is 0.0101. The second-order valence-electron chi connectivity index (χ2n) is 8.07. The van der Waals surface area contributed by atoms with Gasteiger partial charge >= 0.3 is 0 Å². The first-order valence-electron chi connectivity index (χ1n) is 10.7. The number of carbonyl (C=O) groups excluding carboxylic acids is 1. The van der Waals surface area contributed by atoms with Gasteiger partial charge in [-0.2, -0.15) is 5.10 Å². The van der Waals surface area contributed by atoms with Gasteiger partial charge in [-0.3, -0.25) is 14.4 Å². The van der Waals surface area contributed by atoms with Gasteiger partial charge in [0.1, 0.15) is 11.6 Å². The van der Waals surface area contributed by atoms with E-state index in [9.17, 15) is 4.79 Å². The van der Waals surface area contributed by atoms with Gasteiger partial charge < -0.3 is 5.32 Å². The number of fused-ring (bicyclic) bond motifs is 1. The molecule has 1 saturated heterocycles. The fourth-order valence-corrected chi connectivity index (χ4v) is 3.99. The summed E-state index contributed by atoms with van der Waals surface area (Å²) in [6.45, 7) is 2.40. The third-order valence-corrected chi connectivity index (χ3v) is 5.77. The Labute approximate surface area is 185 Å². The number of carbonyl (C=O) groups is 1. The van der Waals surface area contributed by atoms with Gasteiger partial charge in [-0.25, -0.2) is 19.9 Å². The summed E-state index contributed by atoms with van der Waals surface area (Å²) in [5, 5.41) is 8.11. The molecule has 1 amide bonds. The monoisotopic (exact) mass is 428 g/mol. The topological polar surface area (TPSA) is 102 Å². The number of rotatable bonds is 5. The van der Waals surface area contributed by atoms with Crippen molar-refractivity contribution >= 4 is 22.6 Å². The average molecular weight is 429 g/mol. The highest BCUT2D eigenvalue weighted by atomic mass is 16.1. The molecular weight excluding hydrogens is 404 g/mol. The smallest absolute Gasteiger partial charge is 0.228 e. The first-order valence-corrected chi connectivity index (χ1v) is 10.7. The highest BCUT2D eigenvalue weighted by Gasteiger charge is 2.25. The molecule has 1 aliphatic heterocycles. The summed E-state index contributed by atoms with van der Waals surface area (Å²) in [6.07, 6.45) is 10.6. The van der Waals surface area contributed by atoms with E-state index in [2.05, 4.69) is 30.3 Å². The lowest BCUT2D eigenvalue weighted by atomic mass is 9.96. The van der Waals surface area contributed by atoms with E-state index >= 15 is 0 Å². The maximum atomic E-state index is 12.8. The number of piperidine rings is 1. The van der Waals surface area contributed by atoms with Crippen LogP contribution in [0.4, 0.5) is 5.82 Å². The Bertz CT molecular complexity index is 1230. The summed E-state index contributed by atoms with van der Waals surface area (Å²) in [5.74, 6) is 1.32. The molecule has 5 heterocycles. The number of amides is 1. The zero-order chi connectivity index (χ0) is 21.9. The van der Waals surface area contributed by atoms with Gasteiger partial charge in [0.05, 0.1) is 24.0 Å². The molecule has 0 radical (unpaired) electrons. The summed E-state index contributed by atoms with van der Waals surface area (Å²) < 4.78 is 1.75. The van der Waals surface area contributed by atoms with Crippen LogP contribution in [0.1, 0.15) is 18.7 Å². The third-order valence-electron chi connectivity index (χ3n) is 5.77. The van der Waals surface area contributed by atoms with Gasteiger partial charge in [0, 0.05) is 54.8 Å². The molecule has 0 atom stereocenters. The number of anilines is 1. The lowest BCUT2D eigenvalue weighted by molar-refractivity contribution is -0.121. The minimum Gasteiger partial charge on any atom is -0.310 e. The quantitative estimate of drug-likeness (QED) is 0.521. The van der Waals surface area contributed by atoms with Crippen LogP contribution in [0.15, 0.2) is 55.2 Å². The molecule has 0 spiro atoms. The molecule has 32 heavy (non-hydrogen) atoms. The van der Waals surface area contributed by atoms with Crippen LogP contribution >= 0.6 is 0 Å². The van der Waals surface area contributed by atoms with Gasteiger partial charge in [0.15, 0.2) is 0 Å². The van der Waals surface area contributed by atoms with E-state index in [4.69, 9.17) is 4.98 Å². The molecule has 0 aromatic carbocycles. The van der Waals surface area contributed by atoms with Gasteiger partial charge in [-0.05, 0) is 44.1 Å². The third kappa shape index (κ3) is 4.47. The molecule has 0 bridgehead atoms. The molecule has 9 heteroatoms. The van der Waals surface area contributed by atoms with Crippen LogP contribution in [0.25, 0.3) is 22.2 Å². The lowest BCUT2D eigenvalue weighted by Crippen LogP contribution is -2.38. The van der Waals surface area contributed by atoms with Crippen LogP contribution in [0.3, 0.4) is 0 Å². The molecule has 9 nitrogen and oxygen atoms in total. The molecule has 162 valence electrons. The van der Waals surface area contributed by atoms with E-state index < -0.39 is 0 Å². The fraction of sp³-hybridized carbons (Fsp3) is 0.304. The van der Waals surface area contributed by atoms with Crippen LogP contribution < -0.4 is 5.32 Å². The number of hydrogen-bond acceptors (Lipinski definition) is 7. The SMILES string of the molecule is Cn1cc(-c2ccc3cnc(NC(=O)C4CCN(Cc5ncccn5)CC4)cc3n2)cn1. The molecule has 0 aliphatic carbocycles. The number of aromatic nitrogens is 6. The van der Waals surface area contributed by atoms with Gasteiger partial charge in [0.2, 0.25) is 5.91 Å². The van der Waals surface area contributed by atoms with Crippen molar-refractivity contribution in [3.63, 3.8) is 0 Å². The van der Waals surface area contributed by atoms with Crippen molar-refractivity contribution in [3.8, 4) is 11.3 Å². The van der Waals surface area contributed by atoms with E-state index in [1.807, 2.05) is 37.5 Å². The van der Waals surface area contributed by atoms with Crippen LogP contribution in [0.5, 0.6) is 0 Å². The van der Waals surface area contributed by atoms with Crippen LogP contribution in [-0.4, -0.2) is 53.6 Å². The van der Waals surface area contributed by atoms with E-state index in [1.54, 1.807) is 29.5 Å². The summed E-state index contributed by atoms with van der Waals surface area (Å²) in [5.41, 5.74) is 2.57. The van der Waals surface area contributed by atoms with Crippen molar-refractivity contribution in [3.05, 3.63) is 61.1 Å². The number of likely N-dealkylation sites (tertiary alicyclic amines) is 1.